The summed E-state index contributed by atoms with van der Waals surface area (Å²) in [6.45, 7) is 3.99. The Balaban J connectivity index is 2.66. The van der Waals surface area contributed by atoms with Gasteiger partial charge in [0.05, 0.1) is 17.8 Å². The van der Waals surface area contributed by atoms with Gasteiger partial charge in [-0.05, 0) is 26.1 Å². The average Bonchev–Trinajstić information content (AvgIpc) is 2.28. The number of carboxylic acids is 1. The third-order valence-corrected chi connectivity index (χ3v) is 2.82. The maximum atomic E-state index is 12.7. The minimum atomic E-state index is -0.823. The molecule has 0 aliphatic heterocycles. The quantitative estimate of drug-likeness (QED) is 0.854. The number of aliphatic carboxylic acids is 1. The van der Waals surface area contributed by atoms with Crippen molar-refractivity contribution in [3.63, 3.8) is 0 Å². The maximum Gasteiger partial charge on any atom is 0.307 e. The summed E-state index contributed by atoms with van der Waals surface area (Å²) in [4.78, 5) is 16.6. The first kappa shape index (κ1) is 13.6. The third-order valence-electron chi connectivity index (χ3n) is 2.82. The molecule has 1 aromatic rings. The van der Waals surface area contributed by atoms with Gasteiger partial charge in [-0.2, -0.15) is 0 Å². The van der Waals surface area contributed by atoms with E-state index in [-0.39, 0.29) is 11.9 Å². The molecule has 1 heterocycles. The molecule has 0 saturated carbocycles. The van der Waals surface area contributed by atoms with Crippen LogP contribution in [0.5, 0.6) is 0 Å². The topological polar surface area (TPSA) is 53.4 Å². The highest BCUT2D eigenvalue weighted by Gasteiger charge is 2.19. The first-order valence-electron chi connectivity index (χ1n) is 5.46. The molecular formula is C12H17FN2O2. The van der Waals surface area contributed by atoms with Gasteiger partial charge in [-0.3, -0.25) is 14.7 Å². The van der Waals surface area contributed by atoms with Gasteiger partial charge in [-0.25, -0.2) is 4.39 Å². The van der Waals surface area contributed by atoms with E-state index in [0.29, 0.717) is 6.54 Å². The lowest BCUT2D eigenvalue weighted by atomic mass is 10.1. The molecule has 2 atom stereocenters. The Morgan fingerprint density at radius 2 is 2.18 bits per heavy atom. The first-order chi connectivity index (χ1) is 7.91. The van der Waals surface area contributed by atoms with E-state index in [4.69, 9.17) is 5.11 Å². The summed E-state index contributed by atoms with van der Waals surface area (Å²) in [6.07, 6.45) is 1.17. The number of aromatic nitrogens is 1. The minimum Gasteiger partial charge on any atom is -0.481 e. The van der Waals surface area contributed by atoms with Crippen molar-refractivity contribution in [3.05, 3.63) is 29.8 Å². The Bertz CT molecular complexity index is 381. The predicted octanol–water partition coefficient (Wildman–Crippen LogP) is 1.93. The summed E-state index contributed by atoms with van der Waals surface area (Å²) in [7, 11) is 1.83. The fourth-order valence-electron chi connectivity index (χ4n) is 1.53. The molecule has 0 radical (unpaired) electrons. The molecule has 1 N–H and O–H groups in total. The second kappa shape index (κ2) is 5.72. The van der Waals surface area contributed by atoms with Crippen LogP contribution in [0, 0.1) is 11.7 Å². The number of carbonyl (C=O) groups is 1. The van der Waals surface area contributed by atoms with E-state index in [1.54, 1.807) is 13.0 Å². The maximum absolute atomic E-state index is 12.7. The predicted molar refractivity (Wildman–Crippen MR) is 62.0 cm³/mol. The van der Waals surface area contributed by atoms with Crippen LogP contribution < -0.4 is 0 Å². The molecule has 1 aromatic heterocycles. The van der Waals surface area contributed by atoms with Gasteiger partial charge in [0.25, 0.3) is 0 Å². The summed E-state index contributed by atoms with van der Waals surface area (Å²) in [5.41, 5.74) is 0.728. The van der Waals surface area contributed by atoms with E-state index in [9.17, 15) is 9.18 Å². The Hall–Kier alpha value is -1.49. The highest BCUT2D eigenvalue weighted by molar-refractivity contribution is 5.69. The molecule has 4 nitrogen and oxygen atoms in total. The standard InChI is InChI=1S/C12H17FN2O2/c1-8(12(16)17)7-15(3)9(2)11-5-4-10(13)6-14-11/h4-6,8-9H,7H2,1-3H3,(H,16,17). The summed E-state index contributed by atoms with van der Waals surface area (Å²) >= 11 is 0. The number of pyridine rings is 1. The smallest absolute Gasteiger partial charge is 0.307 e. The SMILES string of the molecule is CC(CN(C)C(C)c1ccc(F)cn1)C(=O)O. The molecule has 1 rings (SSSR count). The Morgan fingerprint density at radius 1 is 1.53 bits per heavy atom. The first-order valence-corrected chi connectivity index (χ1v) is 5.46. The molecule has 0 aliphatic carbocycles. The zero-order valence-corrected chi connectivity index (χ0v) is 10.2. The van der Waals surface area contributed by atoms with Crippen molar-refractivity contribution in [2.45, 2.75) is 19.9 Å². The lowest BCUT2D eigenvalue weighted by Gasteiger charge is -2.25. The van der Waals surface area contributed by atoms with Crippen LogP contribution in [0.25, 0.3) is 0 Å². The lowest BCUT2D eigenvalue weighted by Crippen LogP contribution is -2.31. The van der Waals surface area contributed by atoms with Gasteiger partial charge in [0.2, 0.25) is 0 Å². The molecular weight excluding hydrogens is 223 g/mol. The van der Waals surface area contributed by atoms with Crippen molar-refractivity contribution >= 4 is 5.97 Å². The Kier molecular flexibility index (Phi) is 4.57. The molecule has 0 aromatic carbocycles. The van der Waals surface area contributed by atoms with E-state index in [2.05, 4.69) is 4.98 Å². The van der Waals surface area contributed by atoms with Gasteiger partial charge in [-0.1, -0.05) is 6.92 Å². The van der Waals surface area contributed by atoms with Crippen LogP contribution in [0.4, 0.5) is 4.39 Å². The normalized spacial score (nSPS) is 14.6. The molecule has 17 heavy (non-hydrogen) atoms. The Labute approximate surface area is 100 Å². The Morgan fingerprint density at radius 3 is 2.65 bits per heavy atom. The fourth-order valence-corrected chi connectivity index (χ4v) is 1.53. The van der Waals surface area contributed by atoms with Crippen LogP contribution in [0.1, 0.15) is 25.6 Å². The summed E-state index contributed by atoms with van der Waals surface area (Å²) in [5.74, 6) is -1.64. The molecule has 5 heteroatoms. The van der Waals surface area contributed by atoms with Crippen LogP contribution in [0.2, 0.25) is 0 Å². The number of hydrogen-bond acceptors (Lipinski definition) is 3. The number of rotatable bonds is 5. The second-order valence-corrected chi connectivity index (χ2v) is 4.26. The molecule has 2 unspecified atom stereocenters. The highest BCUT2D eigenvalue weighted by atomic mass is 19.1. The van der Waals surface area contributed by atoms with Crippen molar-refractivity contribution in [3.8, 4) is 0 Å². The van der Waals surface area contributed by atoms with Gasteiger partial charge >= 0.3 is 5.97 Å². The zero-order chi connectivity index (χ0) is 13.0. The van der Waals surface area contributed by atoms with Crippen molar-refractivity contribution in [2.24, 2.45) is 5.92 Å². The van der Waals surface area contributed by atoms with Gasteiger partial charge < -0.3 is 5.11 Å². The van der Waals surface area contributed by atoms with Crippen molar-refractivity contribution in [1.29, 1.82) is 0 Å². The second-order valence-electron chi connectivity index (χ2n) is 4.26. The van der Waals surface area contributed by atoms with Crippen molar-refractivity contribution in [2.75, 3.05) is 13.6 Å². The molecule has 0 amide bonds. The van der Waals surface area contributed by atoms with E-state index in [1.165, 1.54) is 12.3 Å². The van der Waals surface area contributed by atoms with E-state index >= 15 is 0 Å². The summed E-state index contributed by atoms with van der Waals surface area (Å²) < 4.78 is 12.7. The van der Waals surface area contributed by atoms with Gasteiger partial charge in [0, 0.05) is 12.6 Å². The molecule has 0 bridgehead atoms. The molecule has 0 aliphatic rings. The van der Waals surface area contributed by atoms with Gasteiger partial charge in [0.15, 0.2) is 0 Å². The van der Waals surface area contributed by atoms with Crippen molar-refractivity contribution in [1.82, 2.24) is 9.88 Å². The van der Waals surface area contributed by atoms with Crippen LogP contribution in [0.15, 0.2) is 18.3 Å². The number of halogens is 1. The molecule has 0 spiro atoms. The highest BCUT2D eigenvalue weighted by Crippen LogP contribution is 2.17. The molecule has 0 saturated heterocycles. The zero-order valence-electron chi connectivity index (χ0n) is 10.2. The summed E-state index contributed by atoms with van der Waals surface area (Å²) in [6, 6.07) is 2.92. The molecule has 94 valence electrons. The number of carboxylic acid groups (broad SMARTS) is 1. The minimum absolute atomic E-state index is 0.0441. The van der Waals surface area contributed by atoms with Gasteiger partial charge in [-0.15, -0.1) is 0 Å². The largest absolute Gasteiger partial charge is 0.481 e. The fraction of sp³-hybridized carbons (Fsp3) is 0.500. The van der Waals surface area contributed by atoms with E-state index in [1.807, 2.05) is 18.9 Å². The molecule has 0 fully saturated rings. The number of nitrogens with zero attached hydrogens (tertiary/aromatic N) is 2. The average molecular weight is 240 g/mol. The third kappa shape index (κ3) is 3.78. The summed E-state index contributed by atoms with van der Waals surface area (Å²) in [5, 5.41) is 8.83. The van der Waals surface area contributed by atoms with Crippen LogP contribution >= 0.6 is 0 Å². The van der Waals surface area contributed by atoms with E-state index in [0.717, 1.165) is 5.69 Å². The van der Waals surface area contributed by atoms with E-state index < -0.39 is 11.9 Å². The van der Waals surface area contributed by atoms with Crippen LogP contribution in [-0.2, 0) is 4.79 Å². The van der Waals surface area contributed by atoms with Gasteiger partial charge in [0.1, 0.15) is 5.82 Å². The van der Waals surface area contributed by atoms with Crippen LogP contribution in [-0.4, -0.2) is 34.6 Å². The number of hydrogen-bond donors (Lipinski definition) is 1. The monoisotopic (exact) mass is 240 g/mol. The van der Waals surface area contributed by atoms with Crippen LogP contribution in [0.3, 0.4) is 0 Å². The van der Waals surface area contributed by atoms with Crippen molar-refractivity contribution < 1.29 is 14.3 Å². The lowest BCUT2D eigenvalue weighted by molar-refractivity contribution is -0.141.